The summed E-state index contributed by atoms with van der Waals surface area (Å²) in [6, 6.07) is 7.43. The maximum absolute atomic E-state index is 12.6. The van der Waals surface area contributed by atoms with Crippen molar-refractivity contribution >= 4 is 34.4 Å². The van der Waals surface area contributed by atoms with Crippen molar-refractivity contribution in [2.24, 2.45) is 0 Å². The normalized spacial score (nSPS) is 15.5. The number of likely N-dealkylation sites (tertiary alicyclic amines) is 1. The van der Waals surface area contributed by atoms with Crippen molar-refractivity contribution in [3.8, 4) is 0 Å². The van der Waals surface area contributed by atoms with E-state index in [9.17, 15) is 4.79 Å². The molecular weight excluding hydrogens is 340 g/mol. The van der Waals surface area contributed by atoms with Gasteiger partial charge in [0.1, 0.15) is 12.1 Å². The van der Waals surface area contributed by atoms with Crippen LogP contribution in [0.15, 0.2) is 36.8 Å². The summed E-state index contributed by atoms with van der Waals surface area (Å²) in [5.41, 5.74) is 1.27. The zero-order chi connectivity index (χ0) is 17.2. The second kappa shape index (κ2) is 6.68. The standard InChI is InChI=1S/C17H17ClN6O/c18-14-4-2-1-3-12(14)17(25)24-7-5-11(6-8-24)22-15-13-9-21-23-16(13)20-10-19-15/h1-4,9-11H,5-8H2,(H2,19,20,21,22,23). The fourth-order valence-corrected chi connectivity index (χ4v) is 3.32. The molecule has 0 aliphatic carbocycles. The number of H-pyrrole nitrogens is 1. The van der Waals surface area contributed by atoms with Crippen molar-refractivity contribution in [3.05, 3.63) is 47.4 Å². The minimum Gasteiger partial charge on any atom is -0.366 e. The third-order valence-electron chi connectivity index (χ3n) is 4.48. The highest BCUT2D eigenvalue weighted by Crippen LogP contribution is 2.23. The third-order valence-corrected chi connectivity index (χ3v) is 4.80. The van der Waals surface area contributed by atoms with Gasteiger partial charge in [-0.3, -0.25) is 9.89 Å². The Balaban J connectivity index is 1.41. The molecule has 0 unspecified atom stereocenters. The SMILES string of the molecule is O=C(c1ccccc1Cl)N1CCC(Nc2ncnc3[nH]ncc23)CC1. The Morgan fingerprint density at radius 2 is 2.04 bits per heavy atom. The minimum atomic E-state index is -0.0108. The molecular formula is C17H17ClN6O. The number of hydrogen-bond acceptors (Lipinski definition) is 5. The van der Waals surface area contributed by atoms with Crippen LogP contribution in [-0.2, 0) is 0 Å². The van der Waals surface area contributed by atoms with Gasteiger partial charge in [-0.25, -0.2) is 9.97 Å². The number of rotatable bonds is 3. The number of carbonyl (C=O) groups excluding carboxylic acids is 1. The van der Waals surface area contributed by atoms with Crippen LogP contribution in [0.4, 0.5) is 5.82 Å². The van der Waals surface area contributed by atoms with Crippen LogP contribution in [0.5, 0.6) is 0 Å². The molecule has 1 aromatic carbocycles. The molecule has 8 heteroatoms. The van der Waals surface area contributed by atoms with E-state index >= 15 is 0 Å². The monoisotopic (exact) mass is 356 g/mol. The summed E-state index contributed by atoms with van der Waals surface area (Å²) in [6.45, 7) is 1.36. The fraction of sp³-hybridized carbons (Fsp3) is 0.294. The molecule has 0 radical (unpaired) electrons. The summed E-state index contributed by atoms with van der Waals surface area (Å²) in [4.78, 5) is 22.9. The highest BCUT2D eigenvalue weighted by atomic mass is 35.5. The van der Waals surface area contributed by atoms with Gasteiger partial charge < -0.3 is 10.2 Å². The molecule has 2 aromatic heterocycles. The summed E-state index contributed by atoms with van der Waals surface area (Å²) in [6.07, 6.45) is 4.92. The molecule has 4 rings (SSSR count). The number of benzene rings is 1. The lowest BCUT2D eigenvalue weighted by Gasteiger charge is -2.33. The summed E-state index contributed by atoms with van der Waals surface area (Å²) in [7, 11) is 0. The first-order chi connectivity index (χ1) is 12.2. The van der Waals surface area contributed by atoms with E-state index in [1.54, 1.807) is 18.3 Å². The molecule has 1 aliphatic heterocycles. The highest BCUT2D eigenvalue weighted by molar-refractivity contribution is 6.33. The topological polar surface area (TPSA) is 86.8 Å². The molecule has 7 nitrogen and oxygen atoms in total. The minimum absolute atomic E-state index is 0.0108. The van der Waals surface area contributed by atoms with Crippen molar-refractivity contribution in [1.82, 2.24) is 25.1 Å². The zero-order valence-corrected chi connectivity index (χ0v) is 14.2. The number of nitrogens with zero attached hydrogens (tertiary/aromatic N) is 4. The maximum atomic E-state index is 12.6. The molecule has 3 aromatic rings. The van der Waals surface area contributed by atoms with E-state index in [-0.39, 0.29) is 11.9 Å². The van der Waals surface area contributed by atoms with Crippen LogP contribution in [0.2, 0.25) is 5.02 Å². The van der Waals surface area contributed by atoms with Crippen LogP contribution in [0.25, 0.3) is 11.0 Å². The maximum Gasteiger partial charge on any atom is 0.255 e. The van der Waals surface area contributed by atoms with Crippen molar-refractivity contribution < 1.29 is 4.79 Å². The van der Waals surface area contributed by atoms with Crippen molar-refractivity contribution in [2.45, 2.75) is 18.9 Å². The van der Waals surface area contributed by atoms with Gasteiger partial charge in [0, 0.05) is 19.1 Å². The second-order valence-corrected chi connectivity index (χ2v) is 6.45. The number of halogens is 1. The molecule has 1 amide bonds. The number of amides is 1. The van der Waals surface area contributed by atoms with E-state index in [0.29, 0.717) is 29.3 Å². The van der Waals surface area contributed by atoms with Crippen molar-refractivity contribution in [2.75, 3.05) is 18.4 Å². The van der Waals surface area contributed by atoms with E-state index in [2.05, 4.69) is 25.5 Å². The molecule has 1 fully saturated rings. The van der Waals surface area contributed by atoms with E-state index < -0.39 is 0 Å². The fourth-order valence-electron chi connectivity index (χ4n) is 3.11. The van der Waals surface area contributed by atoms with Crippen LogP contribution >= 0.6 is 11.6 Å². The van der Waals surface area contributed by atoms with Gasteiger partial charge in [-0.05, 0) is 25.0 Å². The summed E-state index contributed by atoms with van der Waals surface area (Å²) in [5.74, 6) is 0.762. The molecule has 128 valence electrons. The van der Waals surface area contributed by atoms with E-state index in [0.717, 1.165) is 24.0 Å². The van der Waals surface area contributed by atoms with Crippen LogP contribution in [-0.4, -0.2) is 50.1 Å². The predicted molar refractivity (Wildman–Crippen MR) is 95.7 cm³/mol. The number of anilines is 1. The first-order valence-electron chi connectivity index (χ1n) is 8.17. The molecule has 0 spiro atoms. The Bertz CT molecular complexity index is 903. The molecule has 2 N–H and O–H groups in total. The van der Waals surface area contributed by atoms with Crippen LogP contribution in [0.3, 0.4) is 0 Å². The lowest BCUT2D eigenvalue weighted by Crippen LogP contribution is -2.42. The van der Waals surface area contributed by atoms with Gasteiger partial charge in [-0.2, -0.15) is 5.10 Å². The van der Waals surface area contributed by atoms with Crippen LogP contribution in [0.1, 0.15) is 23.2 Å². The Morgan fingerprint density at radius 3 is 2.84 bits per heavy atom. The Morgan fingerprint density at radius 1 is 1.24 bits per heavy atom. The van der Waals surface area contributed by atoms with Crippen LogP contribution in [0, 0.1) is 0 Å². The first-order valence-corrected chi connectivity index (χ1v) is 8.54. The number of aromatic nitrogens is 4. The Labute approximate surface area is 149 Å². The van der Waals surface area contributed by atoms with Gasteiger partial charge >= 0.3 is 0 Å². The Hall–Kier alpha value is -2.67. The van der Waals surface area contributed by atoms with E-state index in [1.165, 1.54) is 6.33 Å². The van der Waals surface area contributed by atoms with Gasteiger partial charge in [0.2, 0.25) is 0 Å². The van der Waals surface area contributed by atoms with Crippen molar-refractivity contribution in [3.63, 3.8) is 0 Å². The first kappa shape index (κ1) is 15.8. The number of hydrogen-bond donors (Lipinski definition) is 2. The van der Waals surface area contributed by atoms with E-state index in [1.807, 2.05) is 17.0 Å². The molecule has 0 saturated carbocycles. The lowest BCUT2D eigenvalue weighted by molar-refractivity contribution is 0.0718. The van der Waals surface area contributed by atoms with Gasteiger partial charge in [0.25, 0.3) is 5.91 Å². The molecule has 3 heterocycles. The molecule has 1 aliphatic rings. The van der Waals surface area contributed by atoms with Crippen molar-refractivity contribution in [1.29, 1.82) is 0 Å². The number of fused-ring (bicyclic) bond motifs is 1. The number of aromatic amines is 1. The number of carbonyl (C=O) groups is 1. The second-order valence-electron chi connectivity index (χ2n) is 6.05. The van der Waals surface area contributed by atoms with Gasteiger partial charge in [0.15, 0.2) is 5.65 Å². The Kier molecular flexibility index (Phi) is 4.23. The summed E-state index contributed by atoms with van der Waals surface area (Å²) < 4.78 is 0. The van der Waals surface area contributed by atoms with Gasteiger partial charge in [0.05, 0.1) is 22.2 Å². The quantitative estimate of drug-likeness (QED) is 0.753. The largest absolute Gasteiger partial charge is 0.366 e. The third kappa shape index (κ3) is 3.15. The van der Waals surface area contributed by atoms with Crippen LogP contribution < -0.4 is 5.32 Å². The molecule has 0 atom stereocenters. The predicted octanol–water partition coefficient (Wildman–Crippen LogP) is 2.72. The smallest absolute Gasteiger partial charge is 0.255 e. The average Bonchev–Trinajstić information content (AvgIpc) is 3.12. The zero-order valence-electron chi connectivity index (χ0n) is 13.4. The molecule has 25 heavy (non-hydrogen) atoms. The lowest BCUT2D eigenvalue weighted by atomic mass is 10.0. The number of piperidine rings is 1. The van der Waals surface area contributed by atoms with Gasteiger partial charge in [-0.15, -0.1) is 0 Å². The summed E-state index contributed by atoms with van der Waals surface area (Å²) in [5, 5.41) is 11.6. The highest BCUT2D eigenvalue weighted by Gasteiger charge is 2.25. The number of nitrogens with one attached hydrogen (secondary N) is 2. The summed E-state index contributed by atoms with van der Waals surface area (Å²) >= 11 is 6.14. The molecule has 0 bridgehead atoms. The average molecular weight is 357 g/mol. The van der Waals surface area contributed by atoms with E-state index in [4.69, 9.17) is 11.6 Å². The molecule has 1 saturated heterocycles. The van der Waals surface area contributed by atoms with Gasteiger partial charge in [-0.1, -0.05) is 23.7 Å².